The molecule has 0 radical (unpaired) electrons. The average Bonchev–Trinajstić information content (AvgIpc) is 2.82. The maximum Gasteiger partial charge on any atom is -0.00990 e. The Morgan fingerprint density at radius 1 is 0.300 bits per heavy atom. The lowest BCUT2D eigenvalue weighted by molar-refractivity contribution is 1.66. The van der Waals surface area contributed by atoms with E-state index >= 15 is 0 Å². The summed E-state index contributed by atoms with van der Waals surface area (Å²) in [7, 11) is 0. The lowest BCUT2D eigenvalue weighted by Crippen LogP contribution is -1.86. The van der Waals surface area contributed by atoms with Gasteiger partial charge in [0.2, 0.25) is 0 Å². The van der Waals surface area contributed by atoms with Crippen LogP contribution < -0.4 is 0 Å². The Hall–Kier alpha value is -3.90. The Morgan fingerprint density at radius 3 is 1.43 bits per heavy atom. The van der Waals surface area contributed by atoms with Crippen LogP contribution in [0.1, 0.15) is 0 Å². The molecule has 0 amide bonds. The highest BCUT2D eigenvalue weighted by Crippen LogP contribution is 2.37. The summed E-state index contributed by atoms with van der Waals surface area (Å²) in [6.45, 7) is 0. The quantitative estimate of drug-likeness (QED) is 0.282. The Morgan fingerprint density at radius 2 is 0.767 bits per heavy atom. The maximum atomic E-state index is 2.36. The van der Waals surface area contributed by atoms with Gasteiger partial charge in [-0.15, -0.1) is 0 Å². The Kier molecular flexibility index (Phi) is 3.89. The summed E-state index contributed by atoms with van der Waals surface area (Å²) < 4.78 is 0. The lowest BCUT2D eigenvalue weighted by atomic mass is 9.91. The van der Waals surface area contributed by atoms with Gasteiger partial charge in [0.1, 0.15) is 0 Å². The normalized spacial score (nSPS) is 11.3. The van der Waals surface area contributed by atoms with E-state index in [9.17, 15) is 0 Å². The third-order valence-electron chi connectivity index (χ3n) is 6.06. The van der Waals surface area contributed by atoms with Gasteiger partial charge in [0.05, 0.1) is 0 Å². The molecule has 6 aromatic rings. The van der Waals surface area contributed by atoms with E-state index in [0.717, 1.165) is 0 Å². The van der Waals surface area contributed by atoms with Crippen molar-refractivity contribution in [1.82, 2.24) is 0 Å². The van der Waals surface area contributed by atoms with Crippen LogP contribution in [-0.4, -0.2) is 0 Å². The zero-order chi connectivity index (χ0) is 19.9. The van der Waals surface area contributed by atoms with Crippen molar-refractivity contribution in [2.24, 2.45) is 0 Å². The topological polar surface area (TPSA) is 0 Å². The van der Waals surface area contributed by atoms with Crippen LogP contribution in [0.25, 0.3) is 54.6 Å². The molecule has 0 nitrogen and oxygen atoms in total. The summed E-state index contributed by atoms with van der Waals surface area (Å²) in [6.07, 6.45) is 0. The van der Waals surface area contributed by atoms with Gasteiger partial charge in [-0.1, -0.05) is 115 Å². The van der Waals surface area contributed by atoms with Crippen LogP contribution in [0, 0.1) is 0 Å². The van der Waals surface area contributed by atoms with E-state index in [1.54, 1.807) is 0 Å². The van der Waals surface area contributed by atoms with E-state index in [0.29, 0.717) is 0 Å². The molecule has 0 unspecified atom stereocenters. The van der Waals surface area contributed by atoms with Gasteiger partial charge in [-0.3, -0.25) is 0 Å². The Labute approximate surface area is 176 Å². The fraction of sp³-hybridized carbons (Fsp3) is 0. The predicted molar refractivity (Wildman–Crippen MR) is 130 cm³/mol. The molecule has 6 rings (SSSR count). The Balaban J connectivity index is 1.64. The molecule has 0 aliphatic carbocycles. The van der Waals surface area contributed by atoms with Gasteiger partial charge in [-0.2, -0.15) is 0 Å². The fourth-order valence-corrected chi connectivity index (χ4v) is 4.61. The summed E-state index contributed by atoms with van der Waals surface area (Å²) in [5.74, 6) is 0. The second-order valence-corrected chi connectivity index (χ2v) is 7.79. The van der Waals surface area contributed by atoms with Crippen LogP contribution in [0.15, 0.2) is 121 Å². The summed E-state index contributed by atoms with van der Waals surface area (Å²) in [6, 6.07) is 43.9. The molecule has 0 heteroatoms. The van der Waals surface area contributed by atoms with Gasteiger partial charge < -0.3 is 0 Å². The summed E-state index contributed by atoms with van der Waals surface area (Å²) in [4.78, 5) is 0. The van der Waals surface area contributed by atoms with Gasteiger partial charge in [0, 0.05) is 0 Å². The highest BCUT2D eigenvalue weighted by molar-refractivity contribution is 6.07. The van der Waals surface area contributed by atoms with Gasteiger partial charge in [-0.25, -0.2) is 0 Å². The number of rotatable bonds is 2. The monoisotopic (exact) mass is 380 g/mol. The first kappa shape index (κ1) is 17.0. The van der Waals surface area contributed by atoms with Crippen LogP contribution >= 0.6 is 0 Å². The molecule has 0 bridgehead atoms. The number of hydrogen-bond acceptors (Lipinski definition) is 0. The van der Waals surface area contributed by atoms with Gasteiger partial charge in [0.25, 0.3) is 0 Å². The molecule has 0 spiro atoms. The third kappa shape index (κ3) is 2.69. The second-order valence-electron chi connectivity index (χ2n) is 7.79. The van der Waals surface area contributed by atoms with Crippen LogP contribution in [-0.2, 0) is 0 Å². The van der Waals surface area contributed by atoms with Crippen molar-refractivity contribution >= 4 is 32.3 Å². The smallest absolute Gasteiger partial charge is 0.00990 e. The van der Waals surface area contributed by atoms with Crippen LogP contribution in [0.2, 0.25) is 0 Å². The van der Waals surface area contributed by atoms with E-state index in [2.05, 4.69) is 121 Å². The zero-order valence-electron chi connectivity index (χ0n) is 16.5. The molecule has 0 heterocycles. The highest BCUT2D eigenvalue weighted by Gasteiger charge is 2.10. The molecule has 140 valence electrons. The highest BCUT2D eigenvalue weighted by atomic mass is 14.1. The number of benzene rings is 6. The molecule has 0 N–H and O–H groups in total. The van der Waals surface area contributed by atoms with Crippen molar-refractivity contribution in [2.75, 3.05) is 0 Å². The molecule has 0 aliphatic rings. The minimum absolute atomic E-state index is 1.26. The first-order chi connectivity index (χ1) is 14.9. The van der Waals surface area contributed by atoms with Crippen molar-refractivity contribution in [3.05, 3.63) is 121 Å². The van der Waals surface area contributed by atoms with E-state index in [1.165, 1.54) is 54.6 Å². The zero-order valence-corrected chi connectivity index (χ0v) is 16.5. The van der Waals surface area contributed by atoms with Crippen LogP contribution in [0.5, 0.6) is 0 Å². The van der Waals surface area contributed by atoms with Crippen molar-refractivity contribution in [2.45, 2.75) is 0 Å². The summed E-state index contributed by atoms with van der Waals surface area (Å²) >= 11 is 0. The molecule has 0 saturated heterocycles. The van der Waals surface area contributed by atoms with Crippen LogP contribution in [0.3, 0.4) is 0 Å². The molecular weight excluding hydrogens is 360 g/mol. The molecule has 0 fully saturated rings. The van der Waals surface area contributed by atoms with E-state index in [1.807, 2.05) is 0 Å². The minimum atomic E-state index is 1.26. The van der Waals surface area contributed by atoms with Gasteiger partial charge in [0.15, 0.2) is 0 Å². The molecule has 0 saturated carbocycles. The minimum Gasteiger partial charge on any atom is -0.0616 e. The molecule has 6 aromatic carbocycles. The first-order valence-electron chi connectivity index (χ1n) is 10.4. The molecule has 0 aliphatic heterocycles. The first-order valence-corrected chi connectivity index (χ1v) is 10.4. The predicted octanol–water partition coefficient (Wildman–Crippen LogP) is 8.48. The second kappa shape index (κ2) is 6.86. The summed E-state index contributed by atoms with van der Waals surface area (Å²) in [5, 5.41) is 7.70. The van der Waals surface area contributed by atoms with Crippen LogP contribution in [0.4, 0.5) is 0 Å². The van der Waals surface area contributed by atoms with Gasteiger partial charge >= 0.3 is 0 Å². The third-order valence-corrected chi connectivity index (χ3v) is 6.06. The summed E-state index contributed by atoms with van der Waals surface area (Å²) in [5.41, 5.74) is 5.11. The fourth-order valence-electron chi connectivity index (χ4n) is 4.61. The SMILES string of the molecule is c1ccc2c(-c3ccc4cccc(-c5cccc6ccccc56)c4c3)cccc2c1. The Bertz CT molecular complexity index is 1530. The molecule has 30 heavy (non-hydrogen) atoms. The number of fused-ring (bicyclic) bond motifs is 3. The largest absolute Gasteiger partial charge is 0.0616 e. The van der Waals surface area contributed by atoms with Crippen molar-refractivity contribution in [1.29, 1.82) is 0 Å². The standard InChI is InChI=1S/C30H20/c1-3-13-25-21(8-1)10-5-15-27(25)24-19-18-23-12-7-17-29(30(23)20-24)28-16-6-11-22-9-2-4-14-26(22)28/h1-20H. The lowest BCUT2D eigenvalue weighted by Gasteiger charge is -2.13. The van der Waals surface area contributed by atoms with Crippen molar-refractivity contribution in [3.63, 3.8) is 0 Å². The van der Waals surface area contributed by atoms with E-state index in [4.69, 9.17) is 0 Å². The molecule has 0 aromatic heterocycles. The molecular formula is C30H20. The van der Waals surface area contributed by atoms with E-state index < -0.39 is 0 Å². The maximum absolute atomic E-state index is 2.36. The van der Waals surface area contributed by atoms with Crippen molar-refractivity contribution in [3.8, 4) is 22.3 Å². The van der Waals surface area contributed by atoms with Crippen molar-refractivity contribution < 1.29 is 0 Å². The number of hydrogen-bond donors (Lipinski definition) is 0. The average molecular weight is 380 g/mol. The van der Waals surface area contributed by atoms with Gasteiger partial charge in [-0.05, 0) is 60.6 Å². The van der Waals surface area contributed by atoms with E-state index in [-0.39, 0.29) is 0 Å². The molecule has 0 atom stereocenters.